The summed E-state index contributed by atoms with van der Waals surface area (Å²) >= 11 is 1.48. The van der Waals surface area contributed by atoms with E-state index in [1.54, 1.807) is 4.57 Å². The fraction of sp³-hybridized carbons (Fsp3) is 0.368. The molecule has 0 aliphatic carbocycles. The number of carbonyl (C=O) groups excluding carboxylic acids is 1. The van der Waals surface area contributed by atoms with Gasteiger partial charge in [-0.3, -0.25) is 9.59 Å². The summed E-state index contributed by atoms with van der Waals surface area (Å²) in [7, 11) is 0. The Bertz CT molecular complexity index is 978. The van der Waals surface area contributed by atoms with Crippen LogP contribution in [-0.2, 0) is 13.1 Å². The number of pyridine rings is 1. The van der Waals surface area contributed by atoms with Crippen molar-refractivity contribution in [1.82, 2.24) is 9.88 Å². The van der Waals surface area contributed by atoms with Gasteiger partial charge in [-0.05, 0) is 38.0 Å². The number of rotatable bonds is 5. The molecule has 0 radical (unpaired) electrons. The number of fused-ring (bicyclic) bond motifs is 1. The molecule has 25 heavy (non-hydrogen) atoms. The van der Waals surface area contributed by atoms with Crippen molar-refractivity contribution in [2.45, 2.75) is 40.8 Å². The standard InChI is InChI=1S/C19H22N2O3S/c1-11(2)10-21-8-7-15-17(19(21)23)16(13(4)25-15)18(22)20-9-14-6-5-12(3)24-14/h5-8,11H,9-10H2,1-4H3,(H,20,22). The lowest BCUT2D eigenvalue weighted by atomic mass is 10.1. The highest BCUT2D eigenvalue weighted by Gasteiger charge is 2.20. The van der Waals surface area contributed by atoms with Crippen LogP contribution in [-0.4, -0.2) is 10.5 Å². The summed E-state index contributed by atoms with van der Waals surface area (Å²) in [6, 6.07) is 5.62. The Hall–Kier alpha value is -2.34. The predicted molar refractivity (Wildman–Crippen MR) is 100 cm³/mol. The van der Waals surface area contributed by atoms with E-state index < -0.39 is 0 Å². The van der Waals surface area contributed by atoms with Crippen molar-refractivity contribution in [3.05, 3.63) is 56.7 Å². The van der Waals surface area contributed by atoms with Crippen LogP contribution in [0.15, 0.2) is 33.6 Å². The van der Waals surface area contributed by atoms with Crippen LogP contribution in [0.2, 0.25) is 0 Å². The van der Waals surface area contributed by atoms with Crippen molar-refractivity contribution in [3.8, 4) is 0 Å². The SMILES string of the molecule is Cc1ccc(CNC(=O)c2c(C)sc3ccn(CC(C)C)c(=O)c23)o1. The van der Waals surface area contributed by atoms with Gasteiger partial charge in [-0.2, -0.15) is 0 Å². The Morgan fingerprint density at radius 2 is 2.04 bits per heavy atom. The molecule has 3 aromatic rings. The fourth-order valence-electron chi connectivity index (χ4n) is 2.91. The summed E-state index contributed by atoms with van der Waals surface area (Å²) in [6.07, 6.45) is 1.81. The van der Waals surface area contributed by atoms with Gasteiger partial charge < -0.3 is 14.3 Å². The molecule has 3 rings (SSSR count). The topological polar surface area (TPSA) is 64.2 Å². The van der Waals surface area contributed by atoms with Crippen molar-refractivity contribution in [1.29, 1.82) is 0 Å². The maximum absolute atomic E-state index is 12.9. The Morgan fingerprint density at radius 1 is 1.28 bits per heavy atom. The van der Waals surface area contributed by atoms with E-state index in [9.17, 15) is 9.59 Å². The molecule has 3 heterocycles. The number of hydrogen-bond acceptors (Lipinski definition) is 4. The van der Waals surface area contributed by atoms with Crippen LogP contribution in [0.1, 0.15) is 40.6 Å². The third-order valence-corrected chi connectivity index (χ3v) is 5.07. The normalized spacial score (nSPS) is 11.4. The van der Waals surface area contributed by atoms with Crippen molar-refractivity contribution in [2.24, 2.45) is 5.92 Å². The van der Waals surface area contributed by atoms with Crippen LogP contribution in [0, 0.1) is 19.8 Å². The van der Waals surface area contributed by atoms with Gasteiger partial charge in [0.25, 0.3) is 11.5 Å². The Balaban J connectivity index is 1.95. The third-order valence-electron chi connectivity index (χ3n) is 4.00. The van der Waals surface area contributed by atoms with Gasteiger partial charge in [0.1, 0.15) is 11.5 Å². The van der Waals surface area contributed by atoms with Crippen molar-refractivity contribution < 1.29 is 9.21 Å². The molecular formula is C19H22N2O3S. The van der Waals surface area contributed by atoms with Crippen LogP contribution in [0.25, 0.3) is 10.1 Å². The molecule has 0 fully saturated rings. The van der Waals surface area contributed by atoms with Gasteiger partial charge in [0, 0.05) is 22.3 Å². The summed E-state index contributed by atoms with van der Waals surface area (Å²) in [6.45, 7) is 8.80. The van der Waals surface area contributed by atoms with Gasteiger partial charge in [-0.25, -0.2) is 0 Å². The average molecular weight is 358 g/mol. The van der Waals surface area contributed by atoms with Gasteiger partial charge >= 0.3 is 0 Å². The molecule has 0 saturated heterocycles. The van der Waals surface area contributed by atoms with Gasteiger partial charge in [0.2, 0.25) is 0 Å². The highest BCUT2D eigenvalue weighted by molar-refractivity contribution is 7.19. The van der Waals surface area contributed by atoms with Gasteiger partial charge in [-0.1, -0.05) is 13.8 Å². The molecule has 0 saturated carbocycles. The molecule has 1 amide bonds. The van der Waals surface area contributed by atoms with Crippen LogP contribution < -0.4 is 10.9 Å². The number of thiophene rings is 1. The van der Waals surface area contributed by atoms with E-state index in [4.69, 9.17) is 4.42 Å². The van der Waals surface area contributed by atoms with Crippen LogP contribution in [0.4, 0.5) is 0 Å². The second-order valence-electron chi connectivity index (χ2n) is 6.63. The molecule has 132 valence electrons. The monoisotopic (exact) mass is 358 g/mol. The molecule has 0 unspecified atom stereocenters. The summed E-state index contributed by atoms with van der Waals surface area (Å²) in [5.74, 6) is 1.62. The molecule has 0 aromatic carbocycles. The number of amides is 1. The van der Waals surface area contributed by atoms with Crippen LogP contribution in [0.5, 0.6) is 0 Å². The second-order valence-corrected chi connectivity index (χ2v) is 7.89. The van der Waals surface area contributed by atoms with E-state index in [1.165, 1.54) is 11.3 Å². The minimum Gasteiger partial charge on any atom is -0.465 e. The van der Waals surface area contributed by atoms with Gasteiger partial charge in [0.05, 0.1) is 17.5 Å². The van der Waals surface area contributed by atoms with Crippen LogP contribution in [0.3, 0.4) is 0 Å². The number of hydrogen-bond donors (Lipinski definition) is 1. The van der Waals surface area contributed by atoms with E-state index in [-0.39, 0.29) is 11.5 Å². The van der Waals surface area contributed by atoms with Gasteiger partial charge in [0.15, 0.2) is 0 Å². The number of nitrogens with zero attached hydrogens (tertiary/aromatic N) is 1. The second kappa shape index (κ2) is 6.88. The lowest BCUT2D eigenvalue weighted by Crippen LogP contribution is -2.26. The van der Waals surface area contributed by atoms with Crippen molar-refractivity contribution >= 4 is 27.3 Å². The quantitative estimate of drug-likeness (QED) is 0.753. The molecule has 1 N–H and O–H groups in total. The first kappa shape index (κ1) is 17.5. The smallest absolute Gasteiger partial charge is 0.260 e. The molecule has 0 atom stereocenters. The summed E-state index contributed by atoms with van der Waals surface area (Å²) < 4.78 is 8.01. The first-order valence-corrected chi connectivity index (χ1v) is 9.14. The molecule has 0 aliphatic rings. The zero-order valence-corrected chi connectivity index (χ0v) is 15.7. The van der Waals surface area contributed by atoms with E-state index in [1.807, 2.05) is 38.2 Å². The van der Waals surface area contributed by atoms with Gasteiger partial charge in [-0.15, -0.1) is 11.3 Å². The van der Waals surface area contributed by atoms with E-state index >= 15 is 0 Å². The number of furan rings is 1. The highest BCUT2D eigenvalue weighted by atomic mass is 32.1. The van der Waals surface area contributed by atoms with Crippen molar-refractivity contribution in [2.75, 3.05) is 0 Å². The summed E-state index contributed by atoms with van der Waals surface area (Å²) in [4.78, 5) is 26.4. The van der Waals surface area contributed by atoms with Crippen molar-refractivity contribution in [3.63, 3.8) is 0 Å². The Labute approximate surface area is 150 Å². The number of carbonyl (C=O) groups is 1. The molecule has 0 bridgehead atoms. The first-order valence-electron chi connectivity index (χ1n) is 8.33. The lowest BCUT2D eigenvalue weighted by molar-refractivity contribution is 0.0949. The molecular weight excluding hydrogens is 336 g/mol. The molecule has 0 spiro atoms. The molecule has 3 aromatic heterocycles. The lowest BCUT2D eigenvalue weighted by Gasteiger charge is -2.09. The maximum atomic E-state index is 12.9. The Morgan fingerprint density at radius 3 is 2.68 bits per heavy atom. The number of aryl methyl sites for hydroxylation is 2. The minimum absolute atomic E-state index is 0.102. The maximum Gasteiger partial charge on any atom is 0.260 e. The van der Waals surface area contributed by atoms with Crippen LogP contribution >= 0.6 is 11.3 Å². The molecule has 6 heteroatoms. The highest BCUT2D eigenvalue weighted by Crippen LogP contribution is 2.28. The summed E-state index contributed by atoms with van der Waals surface area (Å²) in [5.41, 5.74) is 0.376. The largest absolute Gasteiger partial charge is 0.465 e. The zero-order chi connectivity index (χ0) is 18.1. The number of nitrogens with one attached hydrogen (secondary N) is 1. The zero-order valence-electron chi connectivity index (χ0n) is 14.9. The molecule has 0 aliphatic heterocycles. The third kappa shape index (κ3) is 3.54. The van der Waals surface area contributed by atoms with E-state index in [0.717, 1.165) is 15.3 Å². The Kier molecular flexibility index (Phi) is 4.81. The van der Waals surface area contributed by atoms with E-state index in [2.05, 4.69) is 19.2 Å². The minimum atomic E-state index is -0.239. The van der Waals surface area contributed by atoms with E-state index in [0.29, 0.717) is 35.7 Å². The fourth-order valence-corrected chi connectivity index (χ4v) is 3.96. The predicted octanol–water partition coefficient (Wildman–Crippen LogP) is 3.86. The number of aromatic nitrogens is 1. The molecule has 5 nitrogen and oxygen atoms in total. The first-order chi connectivity index (χ1) is 11.9. The average Bonchev–Trinajstić information content (AvgIpc) is 3.10. The summed E-state index contributed by atoms with van der Waals surface area (Å²) in [5, 5.41) is 3.37.